The van der Waals surface area contributed by atoms with Crippen LogP contribution in [0.4, 0.5) is 5.69 Å². The van der Waals surface area contributed by atoms with E-state index < -0.39 is 17.6 Å². The highest BCUT2D eigenvalue weighted by molar-refractivity contribution is 6.02. The molecule has 6 heteroatoms. The van der Waals surface area contributed by atoms with Crippen LogP contribution in [0.25, 0.3) is 0 Å². The Morgan fingerprint density at radius 1 is 1.48 bits per heavy atom. The molecule has 0 spiro atoms. The van der Waals surface area contributed by atoms with Gasteiger partial charge in [0.15, 0.2) is 0 Å². The first-order valence-corrected chi connectivity index (χ1v) is 6.96. The molecule has 0 aromatic heterocycles. The van der Waals surface area contributed by atoms with Gasteiger partial charge < -0.3 is 20.5 Å². The second-order valence-electron chi connectivity index (χ2n) is 5.50. The van der Waals surface area contributed by atoms with Gasteiger partial charge in [-0.2, -0.15) is 0 Å². The number of benzene rings is 1. The molecule has 1 aromatic carbocycles. The summed E-state index contributed by atoms with van der Waals surface area (Å²) < 4.78 is 5.41. The molecular weight excluding hydrogens is 272 g/mol. The topological polar surface area (TPSA) is 92.9 Å². The van der Waals surface area contributed by atoms with Crippen LogP contribution in [0.15, 0.2) is 24.3 Å². The number of carboxylic acid groups (broad SMARTS) is 1. The van der Waals surface area contributed by atoms with Crippen molar-refractivity contribution in [1.29, 1.82) is 0 Å². The third-order valence-corrected chi connectivity index (χ3v) is 3.55. The maximum atomic E-state index is 12.7. The van der Waals surface area contributed by atoms with E-state index in [1.54, 1.807) is 31.2 Å². The van der Waals surface area contributed by atoms with Crippen LogP contribution in [0.1, 0.15) is 26.7 Å². The van der Waals surface area contributed by atoms with E-state index >= 15 is 0 Å². The SMILES string of the molecule is CCCC(C)(N)C(=O)N1CC(C(=O)O)Oc2ccccc21. The maximum Gasteiger partial charge on any atom is 0.346 e. The van der Waals surface area contributed by atoms with Crippen LogP contribution in [0.5, 0.6) is 5.75 Å². The van der Waals surface area contributed by atoms with E-state index in [0.29, 0.717) is 17.9 Å². The molecule has 21 heavy (non-hydrogen) atoms. The highest BCUT2D eigenvalue weighted by Crippen LogP contribution is 2.34. The molecule has 114 valence electrons. The number of hydrogen-bond acceptors (Lipinski definition) is 4. The van der Waals surface area contributed by atoms with Gasteiger partial charge in [-0.1, -0.05) is 25.5 Å². The van der Waals surface area contributed by atoms with Crippen molar-refractivity contribution in [3.8, 4) is 5.75 Å². The summed E-state index contributed by atoms with van der Waals surface area (Å²) in [5, 5.41) is 9.18. The van der Waals surface area contributed by atoms with Crippen LogP contribution >= 0.6 is 0 Å². The predicted molar refractivity (Wildman–Crippen MR) is 78.3 cm³/mol. The number of carbonyl (C=O) groups is 2. The Bertz CT molecular complexity index is 556. The smallest absolute Gasteiger partial charge is 0.346 e. The summed E-state index contributed by atoms with van der Waals surface area (Å²) in [6, 6.07) is 6.89. The number of rotatable bonds is 4. The van der Waals surface area contributed by atoms with Crippen molar-refractivity contribution >= 4 is 17.6 Å². The van der Waals surface area contributed by atoms with E-state index in [9.17, 15) is 14.7 Å². The number of amides is 1. The number of para-hydroxylation sites is 2. The largest absolute Gasteiger partial charge is 0.478 e. The normalized spacial score (nSPS) is 20.1. The molecule has 1 aliphatic rings. The molecule has 0 aliphatic carbocycles. The van der Waals surface area contributed by atoms with E-state index in [4.69, 9.17) is 10.5 Å². The van der Waals surface area contributed by atoms with Gasteiger partial charge >= 0.3 is 5.97 Å². The van der Waals surface area contributed by atoms with Gasteiger partial charge in [0.1, 0.15) is 5.75 Å². The quantitative estimate of drug-likeness (QED) is 0.874. The Kier molecular flexibility index (Phi) is 4.18. The first-order valence-electron chi connectivity index (χ1n) is 6.96. The van der Waals surface area contributed by atoms with Crippen molar-refractivity contribution in [3.05, 3.63) is 24.3 Å². The summed E-state index contributed by atoms with van der Waals surface area (Å²) in [6.07, 6.45) is 0.220. The van der Waals surface area contributed by atoms with Crippen molar-refractivity contribution in [2.45, 2.75) is 38.3 Å². The molecular formula is C15H20N2O4. The number of nitrogens with zero attached hydrogens (tertiary/aromatic N) is 1. The van der Waals surface area contributed by atoms with Crippen molar-refractivity contribution in [2.75, 3.05) is 11.4 Å². The number of ether oxygens (including phenoxy) is 1. The van der Waals surface area contributed by atoms with Crippen LogP contribution in [0.2, 0.25) is 0 Å². The summed E-state index contributed by atoms with van der Waals surface area (Å²) in [4.78, 5) is 25.3. The van der Waals surface area contributed by atoms with E-state index in [-0.39, 0.29) is 12.5 Å². The van der Waals surface area contributed by atoms with Gasteiger partial charge in [0.25, 0.3) is 0 Å². The third-order valence-electron chi connectivity index (χ3n) is 3.55. The van der Waals surface area contributed by atoms with E-state index in [2.05, 4.69) is 0 Å². The zero-order valence-corrected chi connectivity index (χ0v) is 12.2. The lowest BCUT2D eigenvalue weighted by Gasteiger charge is -2.37. The van der Waals surface area contributed by atoms with Crippen molar-refractivity contribution in [2.24, 2.45) is 5.73 Å². The van der Waals surface area contributed by atoms with E-state index in [0.717, 1.165) is 6.42 Å². The molecule has 6 nitrogen and oxygen atoms in total. The lowest BCUT2D eigenvalue weighted by Crippen LogP contribution is -2.57. The van der Waals surface area contributed by atoms with Gasteiger partial charge in [-0.15, -0.1) is 0 Å². The Morgan fingerprint density at radius 3 is 2.76 bits per heavy atom. The number of hydrogen-bond donors (Lipinski definition) is 2. The summed E-state index contributed by atoms with van der Waals surface area (Å²) in [6.45, 7) is 3.58. The molecule has 0 saturated heterocycles. The average Bonchev–Trinajstić information content (AvgIpc) is 2.45. The Labute approximate surface area is 123 Å². The molecule has 3 N–H and O–H groups in total. The molecule has 0 saturated carbocycles. The second-order valence-corrected chi connectivity index (χ2v) is 5.50. The van der Waals surface area contributed by atoms with Crippen molar-refractivity contribution < 1.29 is 19.4 Å². The Balaban J connectivity index is 2.37. The highest BCUT2D eigenvalue weighted by Gasteiger charge is 2.39. The molecule has 0 fully saturated rings. The van der Waals surface area contributed by atoms with Gasteiger partial charge in [-0.05, 0) is 25.5 Å². The van der Waals surface area contributed by atoms with Crippen molar-refractivity contribution in [3.63, 3.8) is 0 Å². The number of anilines is 1. The molecule has 0 radical (unpaired) electrons. The molecule has 1 amide bonds. The van der Waals surface area contributed by atoms with E-state index in [1.807, 2.05) is 6.92 Å². The minimum Gasteiger partial charge on any atom is -0.478 e. The fourth-order valence-electron chi connectivity index (χ4n) is 2.49. The van der Waals surface area contributed by atoms with Crippen LogP contribution in [-0.2, 0) is 9.59 Å². The number of fused-ring (bicyclic) bond motifs is 1. The monoisotopic (exact) mass is 292 g/mol. The van der Waals surface area contributed by atoms with Gasteiger partial charge in [0.2, 0.25) is 12.0 Å². The predicted octanol–water partition coefficient (Wildman–Crippen LogP) is 1.38. The lowest BCUT2D eigenvalue weighted by atomic mass is 9.95. The van der Waals surface area contributed by atoms with E-state index in [1.165, 1.54) is 4.90 Å². The summed E-state index contributed by atoms with van der Waals surface area (Å²) >= 11 is 0. The number of carboxylic acids is 1. The van der Waals surface area contributed by atoms with Gasteiger partial charge in [0, 0.05) is 0 Å². The van der Waals surface area contributed by atoms with Crippen LogP contribution < -0.4 is 15.4 Å². The fourth-order valence-corrected chi connectivity index (χ4v) is 2.49. The Morgan fingerprint density at radius 2 is 2.14 bits per heavy atom. The number of carbonyl (C=O) groups excluding carboxylic acids is 1. The second kappa shape index (κ2) is 5.73. The van der Waals surface area contributed by atoms with Crippen molar-refractivity contribution in [1.82, 2.24) is 0 Å². The van der Waals surface area contributed by atoms with Crippen LogP contribution in [0, 0.1) is 0 Å². The number of aliphatic carboxylic acids is 1. The number of nitrogens with two attached hydrogens (primary N) is 1. The zero-order chi connectivity index (χ0) is 15.6. The molecule has 2 rings (SSSR count). The average molecular weight is 292 g/mol. The van der Waals surface area contributed by atoms with Gasteiger partial charge in [0.05, 0.1) is 17.8 Å². The Hall–Kier alpha value is -2.08. The minimum atomic E-state index is -1.10. The molecule has 1 aromatic rings. The minimum absolute atomic E-state index is 0.0400. The summed E-state index contributed by atoms with van der Waals surface area (Å²) in [7, 11) is 0. The molecule has 1 aliphatic heterocycles. The third kappa shape index (κ3) is 3.00. The molecule has 1 heterocycles. The lowest BCUT2D eigenvalue weighted by molar-refractivity contribution is -0.145. The highest BCUT2D eigenvalue weighted by atomic mass is 16.5. The molecule has 2 unspecified atom stereocenters. The van der Waals surface area contributed by atoms with Crippen LogP contribution in [0.3, 0.4) is 0 Å². The van der Waals surface area contributed by atoms with Gasteiger partial charge in [-0.3, -0.25) is 4.79 Å². The first-order chi connectivity index (χ1) is 9.86. The maximum absolute atomic E-state index is 12.7. The van der Waals surface area contributed by atoms with Gasteiger partial charge in [-0.25, -0.2) is 4.79 Å². The van der Waals surface area contributed by atoms with Crippen LogP contribution in [-0.4, -0.2) is 35.2 Å². The summed E-state index contributed by atoms with van der Waals surface area (Å²) in [5.41, 5.74) is 5.64. The first kappa shape index (κ1) is 15.3. The zero-order valence-electron chi connectivity index (χ0n) is 12.2. The molecule has 2 atom stereocenters. The summed E-state index contributed by atoms with van der Waals surface area (Å²) in [5.74, 6) is -1.00. The standard InChI is InChI=1S/C15H20N2O4/c1-3-8-15(2,16)14(20)17-9-12(13(18)19)21-11-7-5-4-6-10(11)17/h4-7,12H,3,8-9,16H2,1-2H3,(H,18,19). The molecule has 0 bridgehead atoms. The fraction of sp³-hybridized carbons (Fsp3) is 0.467.